The van der Waals surface area contributed by atoms with Crippen LogP contribution in [0.4, 0.5) is 17.6 Å². The van der Waals surface area contributed by atoms with Crippen LogP contribution in [0, 0.1) is 23.3 Å². The molecule has 14 heavy (non-hydrogen) atoms. The summed E-state index contributed by atoms with van der Waals surface area (Å²) in [5, 5.41) is -0.521. The first-order chi connectivity index (χ1) is 6.58. The van der Waals surface area contributed by atoms with Crippen molar-refractivity contribution in [2.45, 2.75) is 0 Å². The van der Waals surface area contributed by atoms with Gasteiger partial charge in [-0.2, -0.15) is 0 Å². The van der Waals surface area contributed by atoms with Crippen LogP contribution in [0.15, 0.2) is 24.3 Å². The smallest absolute Gasteiger partial charge is 0.136 e. The van der Waals surface area contributed by atoms with Crippen LogP contribution in [0.5, 0.6) is 0 Å². The van der Waals surface area contributed by atoms with E-state index in [-0.39, 0.29) is 5.39 Å². The van der Waals surface area contributed by atoms with Gasteiger partial charge in [-0.25, -0.2) is 17.6 Å². The fourth-order valence-corrected chi connectivity index (χ4v) is 1.34. The molecule has 0 aliphatic heterocycles. The first-order valence-corrected chi connectivity index (χ1v) is 3.82. The van der Waals surface area contributed by atoms with Crippen molar-refractivity contribution < 1.29 is 17.6 Å². The highest BCUT2D eigenvalue weighted by Crippen LogP contribution is 2.23. The second-order valence-electron chi connectivity index (χ2n) is 2.87. The first kappa shape index (κ1) is 8.99. The van der Waals surface area contributed by atoms with Crippen molar-refractivity contribution in [3.8, 4) is 0 Å². The molecule has 0 aliphatic carbocycles. The summed E-state index contributed by atoms with van der Waals surface area (Å²) in [6.45, 7) is 0. The quantitative estimate of drug-likeness (QED) is 0.572. The monoisotopic (exact) mass is 200 g/mol. The van der Waals surface area contributed by atoms with E-state index in [1.165, 1.54) is 0 Å². The lowest BCUT2D eigenvalue weighted by molar-refractivity contribution is 0.570. The van der Waals surface area contributed by atoms with Crippen LogP contribution in [0.25, 0.3) is 10.8 Å². The van der Waals surface area contributed by atoms with Crippen LogP contribution in [0.3, 0.4) is 0 Å². The summed E-state index contributed by atoms with van der Waals surface area (Å²) in [6, 6.07) is 2.88. The zero-order chi connectivity index (χ0) is 10.3. The molecular formula is C10H4F4. The molecular weight excluding hydrogens is 196 g/mol. The fraction of sp³-hybridized carbons (Fsp3) is 0. The molecule has 0 N–H and O–H groups in total. The van der Waals surface area contributed by atoms with E-state index in [0.717, 1.165) is 12.1 Å². The van der Waals surface area contributed by atoms with Crippen LogP contribution in [-0.2, 0) is 0 Å². The third kappa shape index (κ3) is 1.32. The Kier molecular flexibility index (Phi) is 1.91. The van der Waals surface area contributed by atoms with Crippen LogP contribution in [0.1, 0.15) is 0 Å². The van der Waals surface area contributed by atoms with Crippen molar-refractivity contribution in [3.63, 3.8) is 0 Å². The van der Waals surface area contributed by atoms with Crippen LogP contribution in [0.2, 0.25) is 0 Å². The van der Waals surface area contributed by atoms with Crippen molar-refractivity contribution in [1.82, 2.24) is 0 Å². The van der Waals surface area contributed by atoms with Gasteiger partial charge in [0.15, 0.2) is 0 Å². The highest BCUT2D eigenvalue weighted by atomic mass is 19.1. The van der Waals surface area contributed by atoms with Crippen molar-refractivity contribution in [1.29, 1.82) is 0 Å². The molecule has 2 aromatic rings. The van der Waals surface area contributed by atoms with E-state index in [4.69, 9.17) is 0 Å². The Morgan fingerprint density at radius 1 is 0.643 bits per heavy atom. The summed E-state index contributed by atoms with van der Waals surface area (Å²) < 4.78 is 51.4. The lowest BCUT2D eigenvalue weighted by Gasteiger charge is -2.01. The van der Waals surface area contributed by atoms with Crippen LogP contribution >= 0.6 is 0 Å². The average molecular weight is 200 g/mol. The zero-order valence-electron chi connectivity index (χ0n) is 6.82. The molecule has 0 atom stereocenters. The Morgan fingerprint density at radius 3 is 1.50 bits per heavy atom. The average Bonchev–Trinajstić information content (AvgIpc) is 1.99. The molecule has 0 amide bonds. The topological polar surface area (TPSA) is 0 Å². The number of fused-ring (bicyclic) bond motifs is 1. The molecule has 0 aliphatic rings. The van der Waals surface area contributed by atoms with E-state index >= 15 is 0 Å². The minimum absolute atomic E-state index is 0.125. The summed E-state index contributed by atoms with van der Waals surface area (Å²) in [5.41, 5.74) is 0. The van der Waals surface area contributed by atoms with E-state index < -0.39 is 28.7 Å². The molecule has 72 valence electrons. The number of benzene rings is 2. The minimum Gasteiger partial charge on any atom is -0.207 e. The molecule has 0 radical (unpaired) electrons. The number of hydrogen-bond acceptors (Lipinski definition) is 0. The Labute approximate surface area is 76.8 Å². The van der Waals surface area contributed by atoms with E-state index in [1.54, 1.807) is 0 Å². The van der Waals surface area contributed by atoms with E-state index in [1.807, 2.05) is 0 Å². The number of halogens is 4. The van der Waals surface area contributed by atoms with E-state index in [0.29, 0.717) is 12.1 Å². The molecule has 0 nitrogen and oxygen atoms in total. The van der Waals surface area contributed by atoms with Gasteiger partial charge in [0, 0.05) is 12.1 Å². The molecule has 2 aromatic carbocycles. The Balaban J connectivity index is 2.94. The molecule has 0 aromatic heterocycles. The van der Waals surface area contributed by atoms with E-state index in [9.17, 15) is 17.6 Å². The summed E-state index contributed by atoms with van der Waals surface area (Å²) in [7, 11) is 0. The lowest BCUT2D eigenvalue weighted by atomic mass is 10.1. The maximum atomic E-state index is 13.0. The third-order valence-corrected chi connectivity index (χ3v) is 1.88. The van der Waals surface area contributed by atoms with Crippen molar-refractivity contribution in [2.75, 3.05) is 0 Å². The third-order valence-electron chi connectivity index (χ3n) is 1.88. The van der Waals surface area contributed by atoms with Crippen molar-refractivity contribution in [2.24, 2.45) is 0 Å². The van der Waals surface area contributed by atoms with E-state index in [2.05, 4.69) is 0 Å². The van der Waals surface area contributed by atoms with Gasteiger partial charge in [0.1, 0.15) is 23.3 Å². The molecule has 4 heteroatoms. The number of rotatable bonds is 0. The summed E-state index contributed by atoms with van der Waals surface area (Å²) in [6.07, 6.45) is 0. The standard InChI is InChI=1S/C10H4F4/c11-6-1-5-2-7(12)4-9(14)10(5)8(13)3-6/h1-4H. The maximum Gasteiger partial charge on any atom is 0.136 e. The lowest BCUT2D eigenvalue weighted by Crippen LogP contribution is -1.89. The van der Waals surface area contributed by atoms with Gasteiger partial charge in [-0.3, -0.25) is 0 Å². The normalized spacial score (nSPS) is 10.9. The molecule has 0 unspecified atom stereocenters. The Morgan fingerprint density at radius 2 is 1.07 bits per heavy atom. The van der Waals surface area contributed by atoms with Gasteiger partial charge in [-0.05, 0) is 17.5 Å². The highest BCUT2D eigenvalue weighted by Gasteiger charge is 2.10. The summed E-state index contributed by atoms with van der Waals surface area (Å²) in [5.74, 6) is -3.78. The molecule has 0 spiro atoms. The van der Waals surface area contributed by atoms with Gasteiger partial charge >= 0.3 is 0 Å². The maximum absolute atomic E-state index is 13.0. The predicted octanol–water partition coefficient (Wildman–Crippen LogP) is 3.40. The highest BCUT2D eigenvalue weighted by molar-refractivity contribution is 5.83. The van der Waals surface area contributed by atoms with Crippen molar-refractivity contribution in [3.05, 3.63) is 47.5 Å². The van der Waals surface area contributed by atoms with Gasteiger partial charge in [-0.1, -0.05) is 0 Å². The van der Waals surface area contributed by atoms with Gasteiger partial charge in [-0.15, -0.1) is 0 Å². The zero-order valence-corrected chi connectivity index (χ0v) is 6.82. The van der Waals surface area contributed by atoms with Gasteiger partial charge < -0.3 is 0 Å². The van der Waals surface area contributed by atoms with Crippen molar-refractivity contribution >= 4 is 10.8 Å². The van der Waals surface area contributed by atoms with Crippen LogP contribution in [-0.4, -0.2) is 0 Å². The molecule has 0 bridgehead atoms. The Bertz CT molecular complexity index is 462. The number of hydrogen-bond donors (Lipinski definition) is 0. The second kappa shape index (κ2) is 2.97. The van der Waals surface area contributed by atoms with Gasteiger partial charge in [0.05, 0.1) is 5.39 Å². The molecule has 0 heterocycles. The second-order valence-corrected chi connectivity index (χ2v) is 2.87. The van der Waals surface area contributed by atoms with Gasteiger partial charge in [0.25, 0.3) is 0 Å². The molecule has 2 rings (SSSR count). The van der Waals surface area contributed by atoms with Gasteiger partial charge in [0.2, 0.25) is 0 Å². The summed E-state index contributed by atoms with van der Waals surface area (Å²) in [4.78, 5) is 0. The SMILES string of the molecule is Fc1cc(F)c2c(F)cc(F)cc2c1. The fourth-order valence-electron chi connectivity index (χ4n) is 1.34. The molecule has 0 saturated heterocycles. The van der Waals surface area contributed by atoms with Crippen LogP contribution < -0.4 is 0 Å². The molecule has 0 saturated carbocycles. The Hall–Kier alpha value is -1.58. The minimum atomic E-state index is -1.03. The molecule has 0 fully saturated rings. The predicted molar refractivity (Wildman–Crippen MR) is 43.8 cm³/mol. The summed E-state index contributed by atoms with van der Waals surface area (Å²) >= 11 is 0. The largest absolute Gasteiger partial charge is 0.207 e. The first-order valence-electron chi connectivity index (χ1n) is 3.82.